The highest BCUT2D eigenvalue weighted by atomic mass is 32.2. The molecule has 0 saturated heterocycles. The van der Waals surface area contributed by atoms with Gasteiger partial charge in [0.05, 0.1) is 19.1 Å². The van der Waals surface area contributed by atoms with Gasteiger partial charge in [-0.2, -0.15) is 0 Å². The summed E-state index contributed by atoms with van der Waals surface area (Å²) in [5.74, 6) is 0.386. The summed E-state index contributed by atoms with van der Waals surface area (Å²) in [6.07, 6.45) is 2.90. The Morgan fingerprint density at radius 1 is 1.03 bits per heavy atom. The lowest BCUT2D eigenvalue weighted by molar-refractivity contribution is 0.0929. The van der Waals surface area contributed by atoms with E-state index in [1.807, 2.05) is 30.3 Å². The molecule has 6 nitrogen and oxygen atoms in total. The fourth-order valence-corrected chi connectivity index (χ4v) is 5.05. The first kappa shape index (κ1) is 21.4. The fraction of sp³-hybridized carbons (Fsp3) is 0.136. The molecule has 31 heavy (non-hydrogen) atoms. The number of sulfonamides is 1. The number of halogens is 1. The summed E-state index contributed by atoms with van der Waals surface area (Å²) in [4.78, 5) is 4.16. The average Bonchev–Trinajstić information content (AvgIpc) is 3.46. The van der Waals surface area contributed by atoms with Crippen molar-refractivity contribution >= 4 is 21.4 Å². The average molecular weight is 459 g/mol. The molecule has 4 rings (SSSR count). The number of thiazole rings is 1. The summed E-state index contributed by atoms with van der Waals surface area (Å²) in [6.45, 7) is 0.890. The normalized spacial score (nSPS) is 11.6. The molecule has 4 aromatic rings. The summed E-state index contributed by atoms with van der Waals surface area (Å²) in [5.41, 5.74) is 2.40. The van der Waals surface area contributed by atoms with Gasteiger partial charge in [-0.15, -0.1) is 11.3 Å². The number of furan rings is 1. The largest absolute Gasteiger partial charge is 0.467 e. The van der Waals surface area contributed by atoms with Gasteiger partial charge in [-0.3, -0.25) is 0 Å². The summed E-state index contributed by atoms with van der Waals surface area (Å²) >= 11 is 1.03. The van der Waals surface area contributed by atoms with Crippen LogP contribution in [0.15, 0.2) is 81.8 Å². The Hall–Kier alpha value is -2.85. The van der Waals surface area contributed by atoms with Gasteiger partial charge in [0.25, 0.3) is 10.0 Å². The molecule has 160 valence electrons. The van der Waals surface area contributed by atoms with Crippen LogP contribution in [0.1, 0.15) is 16.9 Å². The number of hydrogen-bond acceptors (Lipinski definition) is 6. The van der Waals surface area contributed by atoms with Gasteiger partial charge >= 0.3 is 0 Å². The number of ether oxygens (including phenoxy) is 1. The van der Waals surface area contributed by atoms with E-state index >= 15 is 0 Å². The predicted octanol–water partition coefficient (Wildman–Crippen LogP) is 4.74. The van der Waals surface area contributed by atoms with Crippen LogP contribution in [0.4, 0.5) is 4.39 Å². The zero-order chi connectivity index (χ0) is 21.7. The van der Waals surface area contributed by atoms with Gasteiger partial charge in [-0.05, 0) is 47.5 Å². The van der Waals surface area contributed by atoms with Gasteiger partial charge in [-0.25, -0.2) is 22.5 Å². The molecule has 2 aromatic heterocycles. The molecule has 9 heteroatoms. The molecule has 0 saturated carbocycles. The third kappa shape index (κ3) is 5.65. The Morgan fingerprint density at radius 3 is 2.61 bits per heavy atom. The van der Waals surface area contributed by atoms with E-state index in [1.165, 1.54) is 18.3 Å². The van der Waals surface area contributed by atoms with Crippen molar-refractivity contribution in [3.63, 3.8) is 0 Å². The van der Waals surface area contributed by atoms with Gasteiger partial charge in [0.2, 0.25) is 0 Å². The van der Waals surface area contributed by atoms with Crippen molar-refractivity contribution in [2.24, 2.45) is 0 Å². The van der Waals surface area contributed by atoms with Crippen LogP contribution in [-0.4, -0.2) is 13.4 Å². The predicted molar refractivity (Wildman–Crippen MR) is 115 cm³/mol. The van der Waals surface area contributed by atoms with Crippen LogP contribution >= 0.6 is 11.3 Å². The van der Waals surface area contributed by atoms with Crippen LogP contribution in [0.25, 0.3) is 10.6 Å². The van der Waals surface area contributed by atoms with Gasteiger partial charge < -0.3 is 9.15 Å². The minimum atomic E-state index is -3.72. The second-order valence-corrected chi connectivity index (χ2v) is 9.73. The van der Waals surface area contributed by atoms with Crippen LogP contribution in [0.5, 0.6) is 0 Å². The summed E-state index contributed by atoms with van der Waals surface area (Å²) in [7, 11) is -3.72. The molecule has 0 aliphatic carbocycles. The van der Waals surface area contributed by atoms with E-state index in [0.717, 1.165) is 28.2 Å². The quantitative estimate of drug-likeness (QED) is 0.392. The second kappa shape index (κ2) is 9.52. The van der Waals surface area contributed by atoms with Gasteiger partial charge in [0.1, 0.15) is 23.2 Å². The molecular weight excluding hydrogens is 439 g/mol. The number of hydrogen-bond donors (Lipinski definition) is 1. The maximum absolute atomic E-state index is 13.1. The number of benzene rings is 2. The summed E-state index contributed by atoms with van der Waals surface area (Å²) in [6, 6.07) is 16.9. The first-order valence-electron chi connectivity index (χ1n) is 9.39. The molecule has 0 fully saturated rings. The molecule has 0 radical (unpaired) electrons. The van der Waals surface area contributed by atoms with Crippen molar-refractivity contribution in [1.82, 2.24) is 9.71 Å². The van der Waals surface area contributed by atoms with Crippen molar-refractivity contribution in [2.45, 2.75) is 24.0 Å². The third-order valence-electron chi connectivity index (χ3n) is 4.39. The Morgan fingerprint density at radius 2 is 1.84 bits per heavy atom. The van der Waals surface area contributed by atoms with Crippen molar-refractivity contribution in [3.05, 3.63) is 95.8 Å². The van der Waals surface area contributed by atoms with Gasteiger partial charge in [0, 0.05) is 12.1 Å². The molecule has 1 N–H and O–H groups in total. The molecule has 0 atom stereocenters. The minimum Gasteiger partial charge on any atom is -0.467 e. The van der Waals surface area contributed by atoms with E-state index < -0.39 is 10.0 Å². The second-order valence-electron chi connectivity index (χ2n) is 6.71. The topological polar surface area (TPSA) is 81.4 Å². The highest BCUT2D eigenvalue weighted by Crippen LogP contribution is 2.28. The Balaban J connectivity index is 1.36. The molecule has 0 spiro atoms. The Bertz CT molecular complexity index is 1240. The van der Waals surface area contributed by atoms with Crippen LogP contribution in [0.3, 0.4) is 0 Å². The zero-order valence-electron chi connectivity index (χ0n) is 16.3. The highest BCUT2D eigenvalue weighted by Gasteiger charge is 2.18. The molecule has 0 unspecified atom stereocenters. The SMILES string of the molecule is O=S(=O)(NCc1cccc(COCc2ccco2)c1)c1cnc(-c2ccc(F)cc2)s1. The summed E-state index contributed by atoms with van der Waals surface area (Å²) < 4.78 is 51.9. The maximum Gasteiger partial charge on any atom is 0.251 e. The molecule has 0 aliphatic rings. The number of nitrogens with zero attached hydrogens (tertiary/aromatic N) is 1. The van der Waals surface area contributed by atoms with Crippen molar-refractivity contribution in [3.8, 4) is 10.6 Å². The van der Waals surface area contributed by atoms with Crippen molar-refractivity contribution in [1.29, 1.82) is 0 Å². The van der Waals surface area contributed by atoms with E-state index in [1.54, 1.807) is 24.5 Å². The molecule has 0 amide bonds. The standard InChI is InChI=1S/C22H19FN2O4S2/c23-19-8-6-18(7-9-19)22-24-13-21(30-22)31(26,27)25-12-16-3-1-4-17(11-16)14-28-15-20-5-2-10-29-20/h1-11,13,25H,12,14-15H2. The Labute approximate surface area is 183 Å². The Kier molecular flexibility index (Phi) is 6.57. The third-order valence-corrected chi connectivity index (χ3v) is 7.30. The minimum absolute atomic E-state index is 0.102. The van der Waals surface area contributed by atoms with Crippen LogP contribution in [-0.2, 0) is 34.5 Å². The first-order valence-corrected chi connectivity index (χ1v) is 11.7. The van der Waals surface area contributed by atoms with Crippen molar-refractivity contribution < 1.29 is 22.0 Å². The van der Waals surface area contributed by atoms with Crippen LogP contribution < -0.4 is 4.72 Å². The first-order chi connectivity index (χ1) is 15.0. The van der Waals surface area contributed by atoms with Crippen molar-refractivity contribution in [2.75, 3.05) is 0 Å². The van der Waals surface area contributed by atoms with Gasteiger partial charge in [0.15, 0.2) is 4.21 Å². The lowest BCUT2D eigenvalue weighted by atomic mass is 10.1. The maximum atomic E-state index is 13.1. The lowest BCUT2D eigenvalue weighted by Crippen LogP contribution is -2.22. The molecule has 0 bridgehead atoms. The van der Waals surface area contributed by atoms with Crippen LogP contribution in [0.2, 0.25) is 0 Å². The van der Waals surface area contributed by atoms with E-state index in [2.05, 4.69) is 9.71 Å². The van der Waals surface area contributed by atoms with E-state index in [0.29, 0.717) is 23.8 Å². The number of aromatic nitrogens is 1. The van der Waals surface area contributed by atoms with E-state index in [-0.39, 0.29) is 16.6 Å². The summed E-state index contributed by atoms with van der Waals surface area (Å²) in [5, 5.41) is 0.510. The lowest BCUT2D eigenvalue weighted by Gasteiger charge is -2.07. The van der Waals surface area contributed by atoms with Gasteiger partial charge in [-0.1, -0.05) is 24.3 Å². The zero-order valence-corrected chi connectivity index (χ0v) is 18.0. The van der Waals surface area contributed by atoms with Crippen LogP contribution in [0, 0.1) is 5.82 Å². The molecule has 2 aromatic carbocycles. The molecule has 2 heterocycles. The molecule has 0 aliphatic heterocycles. The van der Waals surface area contributed by atoms with E-state index in [9.17, 15) is 12.8 Å². The highest BCUT2D eigenvalue weighted by molar-refractivity contribution is 7.91. The monoisotopic (exact) mass is 458 g/mol. The molecular formula is C22H19FN2O4S2. The fourth-order valence-electron chi connectivity index (χ4n) is 2.85. The number of rotatable bonds is 9. The smallest absolute Gasteiger partial charge is 0.251 e. The van der Waals surface area contributed by atoms with E-state index in [4.69, 9.17) is 9.15 Å². The number of nitrogens with one attached hydrogen (secondary N) is 1.